The summed E-state index contributed by atoms with van der Waals surface area (Å²) < 4.78 is 6.33. The molecule has 8 heteroatoms. The van der Waals surface area contributed by atoms with Gasteiger partial charge in [0.15, 0.2) is 0 Å². The molecule has 0 saturated carbocycles. The highest BCUT2D eigenvalue weighted by Crippen LogP contribution is 2.36. The Balaban J connectivity index is 1.59. The summed E-state index contributed by atoms with van der Waals surface area (Å²) in [5, 5.41) is 6.54. The maximum absolute atomic E-state index is 12.3. The van der Waals surface area contributed by atoms with E-state index in [0.29, 0.717) is 24.4 Å². The molecule has 0 unspecified atom stereocenters. The van der Waals surface area contributed by atoms with Gasteiger partial charge >= 0.3 is 12.0 Å². The summed E-state index contributed by atoms with van der Waals surface area (Å²) in [4.78, 5) is 31.2. The first-order valence-corrected chi connectivity index (χ1v) is 10.0. The van der Waals surface area contributed by atoms with Crippen molar-refractivity contribution in [3.63, 3.8) is 0 Å². The minimum absolute atomic E-state index is 0.194. The molecule has 2 aromatic rings. The Morgan fingerprint density at radius 2 is 2.26 bits per heavy atom. The van der Waals surface area contributed by atoms with Gasteiger partial charge in [0.05, 0.1) is 35.0 Å². The van der Waals surface area contributed by atoms with Gasteiger partial charge in [0, 0.05) is 12.2 Å². The number of para-hydroxylation sites is 1. The highest BCUT2D eigenvalue weighted by molar-refractivity contribution is 7.18. The number of aromatic nitrogens is 1. The van der Waals surface area contributed by atoms with Crippen molar-refractivity contribution in [1.29, 1.82) is 0 Å². The van der Waals surface area contributed by atoms with Gasteiger partial charge in [0.1, 0.15) is 5.01 Å². The summed E-state index contributed by atoms with van der Waals surface area (Å²) in [5.41, 5.74) is 2.14. The fourth-order valence-electron chi connectivity index (χ4n) is 3.61. The van der Waals surface area contributed by atoms with Crippen LogP contribution in [0.1, 0.15) is 30.8 Å². The number of nitrogens with one attached hydrogen (secondary N) is 2. The van der Waals surface area contributed by atoms with Crippen LogP contribution in [0.15, 0.2) is 35.5 Å². The van der Waals surface area contributed by atoms with Gasteiger partial charge in [0.2, 0.25) is 0 Å². The molecule has 1 saturated heterocycles. The minimum Gasteiger partial charge on any atom is -0.463 e. The molecule has 2 aliphatic rings. The summed E-state index contributed by atoms with van der Waals surface area (Å²) in [5.74, 6) is -0.379. The molecule has 0 bridgehead atoms. The maximum atomic E-state index is 12.3. The molecular weight excluding hydrogens is 364 g/mol. The fraction of sp³-hybridized carbons (Fsp3) is 0.421. The summed E-state index contributed by atoms with van der Waals surface area (Å²) in [6, 6.07) is 8.06. The number of hydrogen-bond donors (Lipinski definition) is 2. The summed E-state index contributed by atoms with van der Waals surface area (Å²) in [7, 11) is 0. The van der Waals surface area contributed by atoms with E-state index >= 15 is 0 Å². The zero-order chi connectivity index (χ0) is 18.8. The molecule has 0 aliphatic carbocycles. The van der Waals surface area contributed by atoms with Gasteiger partial charge < -0.3 is 15.4 Å². The third-order valence-corrected chi connectivity index (χ3v) is 6.03. The number of benzene rings is 1. The van der Waals surface area contributed by atoms with Crippen LogP contribution in [-0.2, 0) is 9.53 Å². The van der Waals surface area contributed by atoms with E-state index in [4.69, 9.17) is 9.72 Å². The molecule has 2 aliphatic heterocycles. The normalized spacial score (nSPS) is 20.6. The third kappa shape index (κ3) is 3.68. The number of nitrogens with zero attached hydrogens (tertiary/aromatic N) is 2. The molecule has 0 spiro atoms. The van der Waals surface area contributed by atoms with Crippen molar-refractivity contribution >= 4 is 33.6 Å². The second kappa shape index (κ2) is 7.66. The Kier molecular flexibility index (Phi) is 5.09. The van der Waals surface area contributed by atoms with E-state index in [1.165, 1.54) is 4.70 Å². The van der Waals surface area contributed by atoms with Crippen LogP contribution in [0.25, 0.3) is 10.2 Å². The van der Waals surface area contributed by atoms with Crippen LogP contribution < -0.4 is 10.6 Å². The number of esters is 1. The summed E-state index contributed by atoms with van der Waals surface area (Å²) >= 11 is 1.72. The van der Waals surface area contributed by atoms with E-state index in [1.807, 2.05) is 18.2 Å². The van der Waals surface area contributed by atoms with Crippen molar-refractivity contribution in [3.8, 4) is 0 Å². The first-order valence-electron chi connectivity index (χ1n) is 9.19. The van der Waals surface area contributed by atoms with Crippen LogP contribution in [0, 0.1) is 0 Å². The summed E-state index contributed by atoms with van der Waals surface area (Å²) in [6.07, 6.45) is 2.09. The van der Waals surface area contributed by atoms with E-state index in [9.17, 15) is 9.59 Å². The van der Waals surface area contributed by atoms with Crippen molar-refractivity contribution in [2.75, 3.05) is 26.2 Å². The first-order chi connectivity index (χ1) is 13.2. The lowest BCUT2D eigenvalue weighted by Gasteiger charge is -2.28. The van der Waals surface area contributed by atoms with Crippen LogP contribution in [-0.4, -0.2) is 48.1 Å². The zero-order valence-corrected chi connectivity index (χ0v) is 16.0. The number of fused-ring (bicyclic) bond motifs is 1. The lowest BCUT2D eigenvalue weighted by atomic mass is 10.1. The number of amides is 2. The standard InChI is InChI=1S/C19H22N4O3S/c1-2-26-18(24)12-10-20-19(25)22-14(12)11-23-9-5-7-15(23)17-21-13-6-3-4-8-16(13)27-17/h3-4,6,8,15H,2,5,7,9-11H2,1H3,(H2,20,22,25)/t15-/m0/s1. The van der Waals surface area contributed by atoms with Gasteiger partial charge in [0.25, 0.3) is 0 Å². The number of rotatable bonds is 5. The zero-order valence-electron chi connectivity index (χ0n) is 15.2. The Morgan fingerprint density at radius 3 is 3.07 bits per heavy atom. The topological polar surface area (TPSA) is 83.6 Å². The second-order valence-electron chi connectivity index (χ2n) is 6.63. The second-order valence-corrected chi connectivity index (χ2v) is 7.70. The van der Waals surface area contributed by atoms with Crippen LogP contribution in [0.3, 0.4) is 0 Å². The lowest BCUT2D eigenvalue weighted by molar-refractivity contribution is -0.138. The van der Waals surface area contributed by atoms with Crippen LogP contribution in [0.2, 0.25) is 0 Å². The minimum atomic E-state index is -0.379. The molecule has 3 heterocycles. The molecule has 0 radical (unpaired) electrons. The van der Waals surface area contributed by atoms with Gasteiger partial charge in [-0.25, -0.2) is 14.6 Å². The number of ether oxygens (including phenoxy) is 1. The largest absolute Gasteiger partial charge is 0.463 e. The quantitative estimate of drug-likeness (QED) is 0.772. The Morgan fingerprint density at radius 1 is 1.41 bits per heavy atom. The van der Waals surface area contributed by atoms with Crippen molar-refractivity contribution in [1.82, 2.24) is 20.5 Å². The van der Waals surface area contributed by atoms with Crippen molar-refractivity contribution in [3.05, 3.63) is 40.5 Å². The van der Waals surface area contributed by atoms with Crippen LogP contribution in [0.5, 0.6) is 0 Å². The molecule has 1 aromatic carbocycles. The lowest BCUT2D eigenvalue weighted by Crippen LogP contribution is -2.46. The maximum Gasteiger partial charge on any atom is 0.337 e. The summed E-state index contributed by atoms with van der Waals surface area (Å²) in [6.45, 7) is 3.68. The van der Waals surface area contributed by atoms with E-state index in [2.05, 4.69) is 21.6 Å². The predicted octanol–water partition coefficient (Wildman–Crippen LogP) is 2.56. The Hall–Kier alpha value is -2.45. The predicted molar refractivity (Wildman–Crippen MR) is 103 cm³/mol. The molecular formula is C19H22N4O3S. The molecule has 2 N–H and O–H groups in total. The van der Waals surface area contributed by atoms with Gasteiger partial charge in [-0.2, -0.15) is 0 Å². The number of hydrogen-bond acceptors (Lipinski definition) is 6. The molecule has 4 rings (SSSR count). The average Bonchev–Trinajstić information content (AvgIpc) is 3.28. The van der Waals surface area contributed by atoms with Gasteiger partial charge in [-0.3, -0.25) is 4.90 Å². The van der Waals surface area contributed by atoms with Crippen LogP contribution >= 0.6 is 11.3 Å². The Labute approximate surface area is 161 Å². The monoisotopic (exact) mass is 386 g/mol. The van der Waals surface area contributed by atoms with E-state index < -0.39 is 0 Å². The van der Waals surface area contributed by atoms with E-state index in [-0.39, 0.29) is 24.6 Å². The SMILES string of the molecule is CCOC(=O)C1=C(CN2CCC[C@H]2c2nc3ccccc3s2)NC(=O)NC1. The number of carbonyl (C=O) groups is 2. The fourth-order valence-corrected chi connectivity index (χ4v) is 4.75. The van der Waals surface area contributed by atoms with E-state index in [0.717, 1.165) is 29.9 Å². The third-order valence-electron chi connectivity index (χ3n) is 4.90. The molecule has 1 atom stereocenters. The highest BCUT2D eigenvalue weighted by atomic mass is 32.1. The Bertz CT molecular complexity index is 874. The number of carbonyl (C=O) groups excluding carboxylic acids is 2. The molecule has 2 amide bonds. The molecule has 7 nitrogen and oxygen atoms in total. The highest BCUT2D eigenvalue weighted by Gasteiger charge is 2.32. The van der Waals surface area contributed by atoms with Gasteiger partial charge in [-0.05, 0) is 38.4 Å². The van der Waals surface area contributed by atoms with Crippen molar-refractivity contribution in [2.45, 2.75) is 25.8 Å². The number of urea groups is 1. The molecule has 1 fully saturated rings. The smallest absolute Gasteiger partial charge is 0.337 e. The average molecular weight is 386 g/mol. The number of thiazole rings is 1. The molecule has 27 heavy (non-hydrogen) atoms. The molecule has 142 valence electrons. The van der Waals surface area contributed by atoms with E-state index in [1.54, 1.807) is 18.3 Å². The molecule has 1 aromatic heterocycles. The van der Waals surface area contributed by atoms with Gasteiger partial charge in [-0.15, -0.1) is 11.3 Å². The first kappa shape index (κ1) is 17.9. The van der Waals surface area contributed by atoms with Crippen molar-refractivity contribution in [2.24, 2.45) is 0 Å². The van der Waals surface area contributed by atoms with Gasteiger partial charge in [-0.1, -0.05) is 12.1 Å². The number of likely N-dealkylation sites (tertiary alicyclic amines) is 1. The van der Waals surface area contributed by atoms with Crippen molar-refractivity contribution < 1.29 is 14.3 Å². The van der Waals surface area contributed by atoms with Crippen LogP contribution in [0.4, 0.5) is 4.79 Å².